The standard InChI is InChI=1S/C30H30ClN3O5/c1-33-17-21(18-9-7-8-12-24(18)33)28-27(19-10-5-6-11-20(19)30(36)34(28)13-14-37-2)29(35)32-23-15-22(31)25(38-3)16-26(23)39-4/h5-12,15-17,27-28H,13-14H2,1-4H3,(H,32,35)/t27-,28+/m1/s1. The number of hydrogen-bond acceptors (Lipinski definition) is 5. The molecule has 202 valence electrons. The van der Waals surface area contributed by atoms with Gasteiger partial charge in [-0.1, -0.05) is 48.0 Å². The zero-order valence-corrected chi connectivity index (χ0v) is 23.0. The molecule has 1 aliphatic rings. The second-order valence-corrected chi connectivity index (χ2v) is 9.80. The molecule has 2 amide bonds. The smallest absolute Gasteiger partial charge is 0.254 e. The Morgan fingerprint density at radius 1 is 0.974 bits per heavy atom. The molecule has 0 saturated carbocycles. The maximum atomic E-state index is 14.3. The van der Waals surface area contributed by atoms with Crippen LogP contribution in [0.5, 0.6) is 11.5 Å². The molecule has 0 bridgehead atoms. The van der Waals surface area contributed by atoms with Crippen molar-refractivity contribution < 1.29 is 23.8 Å². The predicted octanol–water partition coefficient (Wildman–Crippen LogP) is 5.41. The molecule has 39 heavy (non-hydrogen) atoms. The first-order valence-electron chi connectivity index (χ1n) is 12.5. The zero-order chi connectivity index (χ0) is 27.7. The second-order valence-electron chi connectivity index (χ2n) is 9.39. The molecule has 8 nitrogen and oxygen atoms in total. The van der Waals surface area contributed by atoms with Gasteiger partial charge in [-0.05, 0) is 23.8 Å². The van der Waals surface area contributed by atoms with E-state index in [1.54, 1.807) is 30.2 Å². The van der Waals surface area contributed by atoms with Crippen molar-refractivity contribution in [1.29, 1.82) is 0 Å². The summed E-state index contributed by atoms with van der Waals surface area (Å²) in [6.45, 7) is 0.643. The number of fused-ring (bicyclic) bond motifs is 2. The summed E-state index contributed by atoms with van der Waals surface area (Å²) in [6.07, 6.45) is 2.00. The number of carbonyl (C=O) groups is 2. The Bertz CT molecular complexity index is 1550. The van der Waals surface area contributed by atoms with E-state index in [9.17, 15) is 9.59 Å². The number of amides is 2. The lowest BCUT2D eigenvalue weighted by atomic mass is 9.79. The lowest BCUT2D eigenvalue weighted by molar-refractivity contribution is -0.119. The van der Waals surface area contributed by atoms with Crippen LogP contribution in [0, 0.1) is 0 Å². The van der Waals surface area contributed by atoms with Gasteiger partial charge in [0.15, 0.2) is 0 Å². The Morgan fingerprint density at radius 3 is 2.44 bits per heavy atom. The van der Waals surface area contributed by atoms with Gasteiger partial charge in [-0.15, -0.1) is 0 Å². The first-order valence-corrected chi connectivity index (χ1v) is 12.9. The fourth-order valence-corrected chi connectivity index (χ4v) is 5.67. The van der Waals surface area contributed by atoms with Crippen LogP contribution in [-0.2, 0) is 16.6 Å². The number of nitrogens with zero attached hydrogens (tertiary/aromatic N) is 2. The number of methoxy groups -OCH3 is 3. The molecule has 1 N–H and O–H groups in total. The molecule has 4 aromatic rings. The number of ether oxygens (including phenoxy) is 3. The molecule has 1 aliphatic heterocycles. The number of halogens is 1. The average molecular weight is 548 g/mol. The Kier molecular flexibility index (Phi) is 7.50. The summed E-state index contributed by atoms with van der Waals surface area (Å²) in [4.78, 5) is 29.9. The maximum Gasteiger partial charge on any atom is 0.254 e. The van der Waals surface area contributed by atoms with E-state index >= 15 is 0 Å². The molecular formula is C30H30ClN3O5. The van der Waals surface area contributed by atoms with Gasteiger partial charge < -0.3 is 29.0 Å². The summed E-state index contributed by atoms with van der Waals surface area (Å²) in [7, 11) is 6.58. The molecule has 0 aliphatic carbocycles. The molecule has 5 rings (SSSR count). The predicted molar refractivity (Wildman–Crippen MR) is 151 cm³/mol. The molecular weight excluding hydrogens is 518 g/mol. The van der Waals surface area contributed by atoms with E-state index in [0.29, 0.717) is 46.5 Å². The molecule has 2 heterocycles. The molecule has 0 unspecified atom stereocenters. The third-order valence-electron chi connectivity index (χ3n) is 7.24. The minimum Gasteiger partial charge on any atom is -0.495 e. The maximum absolute atomic E-state index is 14.3. The van der Waals surface area contributed by atoms with E-state index in [0.717, 1.165) is 16.5 Å². The second kappa shape index (κ2) is 11.0. The molecule has 9 heteroatoms. The van der Waals surface area contributed by atoms with Crippen LogP contribution in [-0.4, -0.2) is 55.8 Å². The zero-order valence-electron chi connectivity index (χ0n) is 22.2. The number of anilines is 1. The van der Waals surface area contributed by atoms with Crippen molar-refractivity contribution in [2.24, 2.45) is 7.05 Å². The fourth-order valence-electron chi connectivity index (χ4n) is 5.43. The number of nitrogens with one attached hydrogen (secondary N) is 1. The van der Waals surface area contributed by atoms with Crippen molar-refractivity contribution in [3.63, 3.8) is 0 Å². The highest BCUT2D eigenvalue weighted by Crippen LogP contribution is 2.46. The largest absolute Gasteiger partial charge is 0.495 e. The van der Waals surface area contributed by atoms with Crippen LogP contribution in [0.2, 0.25) is 5.02 Å². The fraction of sp³-hybridized carbons (Fsp3) is 0.267. The van der Waals surface area contributed by atoms with Gasteiger partial charge in [0.1, 0.15) is 11.5 Å². The monoisotopic (exact) mass is 547 g/mol. The number of aromatic nitrogens is 1. The highest BCUT2D eigenvalue weighted by atomic mass is 35.5. The summed E-state index contributed by atoms with van der Waals surface area (Å²) in [5.41, 5.74) is 3.44. The van der Waals surface area contributed by atoms with Gasteiger partial charge in [0.2, 0.25) is 5.91 Å². The molecule has 0 radical (unpaired) electrons. The summed E-state index contributed by atoms with van der Waals surface area (Å²) in [5.74, 6) is -0.334. The van der Waals surface area contributed by atoms with Gasteiger partial charge in [0, 0.05) is 55.0 Å². The van der Waals surface area contributed by atoms with Crippen LogP contribution in [0.1, 0.15) is 33.4 Å². The summed E-state index contributed by atoms with van der Waals surface area (Å²) >= 11 is 6.40. The van der Waals surface area contributed by atoms with Gasteiger partial charge in [0.25, 0.3) is 5.91 Å². The number of benzene rings is 3. The minimum absolute atomic E-state index is 0.144. The van der Waals surface area contributed by atoms with Gasteiger partial charge in [-0.2, -0.15) is 0 Å². The van der Waals surface area contributed by atoms with Crippen LogP contribution in [0.4, 0.5) is 5.69 Å². The lowest BCUT2D eigenvalue weighted by Crippen LogP contribution is -2.47. The topological polar surface area (TPSA) is 82.0 Å². The Balaban J connectivity index is 1.69. The van der Waals surface area contributed by atoms with E-state index in [-0.39, 0.29) is 11.8 Å². The third-order valence-corrected chi connectivity index (χ3v) is 7.53. The highest BCUT2D eigenvalue weighted by Gasteiger charge is 2.45. The van der Waals surface area contributed by atoms with E-state index < -0.39 is 12.0 Å². The Hall–Kier alpha value is -4.01. The number of rotatable bonds is 8. The van der Waals surface area contributed by atoms with Crippen LogP contribution >= 0.6 is 11.6 Å². The number of aryl methyl sites for hydroxylation is 1. The molecule has 1 aromatic heterocycles. The Labute approximate surface area is 232 Å². The van der Waals surface area contributed by atoms with E-state index in [4.69, 9.17) is 25.8 Å². The van der Waals surface area contributed by atoms with Crippen molar-refractivity contribution in [2.75, 3.05) is 39.8 Å². The minimum atomic E-state index is -0.729. The van der Waals surface area contributed by atoms with E-state index in [1.807, 2.05) is 60.3 Å². The first-order chi connectivity index (χ1) is 18.9. The Morgan fingerprint density at radius 2 is 1.69 bits per heavy atom. The van der Waals surface area contributed by atoms with E-state index in [2.05, 4.69) is 5.32 Å². The van der Waals surface area contributed by atoms with Crippen molar-refractivity contribution in [3.8, 4) is 11.5 Å². The number of hydrogen-bond donors (Lipinski definition) is 1. The van der Waals surface area contributed by atoms with Crippen molar-refractivity contribution >= 4 is 40.0 Å². The summed E-state index contributed by atoms with van der Waals surface area (Å²) in [5, 5.41) is 4.34. The highest BCUT2D eigenvalue weighted by molar-refractivity contribution is 6.32. The number of carbonyl (C=O) groups excluding carboxylic acids is 2. The molecule has 0 saturated heterocycles. The first kappa shape index (κ1) is 26.6. The number of para-hydroxylation sites is 1. The average Bonchev–Trinajstić information content (AvgIpc) is 3.28. The molecule has 2 atom stereocenters. The third kappa shape index (κ3) is 4.70. The van der Waals surface area contributed by atoms with Crippen LogP contribution in [0.25, 0.3) is 10.9 Å². The normalized spacial score (nSPS) is 16.7. The van der Waals surface area contributed by atoms with Crippen LogP contribution < -0.4 is 14.8 Å². The summed E-state index contributed by atoms with van der Waals surface area (Å²) in [6, 6.07) is 17.9. The van der Waals surface area contributed by atoms with Gasteiger partial charge in [-0.3, -0.25) is 9.59 Å². The van der Waals surface area contributed by atoms with E-state index in [1.165, 1.54) is 14.2 Å². The summed E-state index contributed by atoms with van der Waals surface area (Å²) < 4.78 is 18.2. The molecule has 0 fully saturated rings. The van der Waals surface area contributed by atoms with Gasteiger partial charge >= 0.3 is 0 Å². The van der Waals surface area contributed by atoms with Crippen LogP contribution in [0.3, 0.4) is 0 Å². The van der Waals surface area contributed by atoms with Gasteiger partial charge in [-0.25, -0.2) is 0 Å². The molecule has 0 spiro atoms. The SMILES string of the molecule is COCCN1C(=O)c2ccccc2[C@@H](C(=O)Nc2cc(Cl)c(OC)cc2OC)[C@@H]1c1cn(C)c2ccccc12. The lowest BCUT2D eigenvalue weighted by Gasteiger charge is -2.41. The molecule has 3 aromatic carbocycles. The van der Waals surface area contributed by atoms with Crippen molar-refractivity contribution in [2.45, 2.75) is 12.0 Å². The van der Waals surface area contributed by atoms with Gasteiger partial charge in [0.05, 0.1) is 43.5 Å². The quantitative estimate of drug-likeness (QED) is 0.319. The van der Waals surface area contributed by atoms with Crippen molar-refractivity contribution in [1.82, 2.24) is 9.47 Å². The van der Waals surface area contributed by atoms with Crippen molar-refractivity contribution in [3.05, 3.63) is 88.6 Å². The van der Waals surface area contributed by atoms with Crippen LogP contribution in [0.15, 0.2) is 66.9 Å².